The quantitative estimate of drug-likeness (QED) is 0.710. The van der Waals surface area contributed by atoms with Crippen molar-refractivity contribution in [2.24, 2.45) is 5.41 Å². The van der Waals surface area contributed by atoms with Crippen molar-refractivity contribution in [2.45, 2.75) is 40.5 Å². The number of rotatable bonds is 6. The Balaban J connectivity index is 2.47. The Bertz CT molecular complexity index is 444. The van der Waals surface area contributed by atoms with Crippen LogP contribution in [0.5, 0.6) is 0 Å². The Labute approximate surface area is 116 Å². The van der Waals surface area contributed by atoms with Crippen molar-refractivity contribution in [3.63, 3.8) is 0 Å². The van der Waals surface area contributed by atoms with Gasteiger partial charge in [0.25, 0.3) is 0 Å². The van der Waals surface area contributed by atoms with E-state index in [0.717, 1.165) is 12.8 Å². The highest BCUT2D eigenvalue weighted by molar-refractivity contribution is 5.75. The monoisotopic (exact) mass is 260 g/mol. The summed E-state index contributed by atoms with van der Waals surface area (Å²) in [7, 11) is 0. The van der Waals surface area contributed by atoms with E-state index in [4.69, 9.17) is 4.74 Å². The zero-order valence-corrected chi connectivity index (χ0v) is 12.4. The van der Waals surface area contributed by atoms with Gasteiger partial charge in [0.2, 0.25) is 0 Å². The molecule has 0 aliphatic heterocycles. The third-order valence-electron chi connectivity index (χ3n) is 3.12. The Hall–Kier alpha value is -1.57. The fourth-order valence-electron chi connectivity index (χ4n) is 1.87. The van der Waals surface area contributed by atoms with Gasteiger partial charge in [-0.3, -0.25) is 4.79 Å². The van der Waals surface area contributed by atoms with Gasteiger partial charge in [0, 0.05) is 0 Å². The first-order valence-corrected chi connectivity index (χ1v) is 6.86. The number of carbonyl (C=O) groups excluding carboxylic acids is 1. The number of esters is 1. The van der Waals surface area contributed by atoms with Crippen LogP contribution in [-0.2, 0) is 9.53 Å². The molecule has 19 heavy (non-hydrogen) atoms. The van der Waals surface area contributed by atoms with E-state index < -0.39 is 5.41 Å². The second kappa shape index (κ2) is 7.13. The molecule has 0 saturated heterocycles. The van der Waals surface area contributed by atoms with Crippen LogP contribution in [0.1, 0.15) is 44.7 Å². The topological polar surface area (TPSA) is 26.3 Å². The molecule has 1 aromatic rings. The van der Waals surface area contributed by atoms with E-state index in [-0.39, 0.29) is 5.97 Å². The average molecular weight is 260 g/mol. The van der Waals surface area contributed by atoms with Crippen LogP contribution in [0.4, 0.5) is 0 Å². The zero-order valence-electron chi connectivity index (χ0n) is 12.4. The molecular formula is C17H24O2. The summed E-state index contributed by atoms with van der Waals surface area (Å²) in [4.78, 5) is 11.7. The van der Waals surface area contributed by atoms with Crippen LogP contribution in [0.3, 0.4) is 0 Å². The maximum atomic E-state index is 11.7. The summed E-state index contributed by atoms with van der Waals surface area (Å²) in [6.07, 6.45) is 5.90. The van der Waals surface area contributed by atoms with Gasteiger partial charge in [-0.2, -0.15) is 0 Å². The molecule has 0 aliphatic carbocycles. The molecular weight excluding hydrogens is 236 g/mol. The lowest BCUT2D eigenvalue weighted by Crippen LogP contribution is -2.26. The first-order valence-electron chi connectivity index (χ1n) is 6.86. The van der Waals surface area contributed by atoms with E-state index >= 15 is 0 Å². The summed E-state index contributed by atoms with van der Waals surface area (Å²) in [5.41, 5.74) is 2.05. The maximum absolute atomic E-state index is 11.7. The molecule has 0 spiro atoms. The van der Waals surface area contributed by atoms with E-state index in [1.54, 1.807) is 0 Å². The Kier molecular flexibility index (Phi) is 5.81. The first-order chi connectivity index (χ1) is 8.95. The van der Waals surface area contributed by atoms with Crippen molar-refractivity contribution in [1.82, 2.24) is 0 Å². The summed E-state index contributed by atoms with van der Waals surface area (Å²) in [6.45, 7) is 8.24. The third kappa shape index (κ3) is 5.29. The van der Waals surface area contributed by atoms with Gasteiger partial charge < -0.3 is 4.74 Å². The van der Waals surface area contributed by atoms with Crippen molar-refractivity contribution in [2.75, 3.05) is 6.61 Å². The van der Waals surface area contributed by atoms with Crippen LogP contribution in [0, 0.1) is 12.3 Å². The summed E-state index contributed by atoms with van der Waals surface area (Å²) in [6, 6.07) is 8.37. The molecule has 0 N–H and O–H groups in total. The van der Waals surface area contributed by atoms with Crippen LogP contribution in [0.25, 0.3) is 6.08 Å². The average Bonchev–Trinajstić information content (AvgIpc) is 2.35. The van der Waals surface area contributed by atoms with Gasteiger partial charge in [0.05, 0.1) is 12.0 Å². The highest BCUT2D eigenvalue weighted by atomic mass is 16.5. The van der Waals surface area contributed by atoms with Gasteiger partial charge >= 0.3 is 5.97 Å². The molecule has 0 amide bonds. The molecule has 0 aromatic heterocycles. The van der Waals surface area contributed by atoms with Crippen molar-refractivity contribution in [3.05, 3.63) is 41.5 Å². The van der Waals surface area contributed by atoms with Gasteiger partial charge in [0.1, 0.15) is 0 Å². The fourth-order valence-corrected chi connectivity index (χ4v) is 1.87. The van der Waals surface area contributed by atoms with E-state index in [9.17, 15) is 4.79 Å². The van der Waals surface area contributed by atoms with Crippen molar-refractivity contribution < 1.29 is 9.53 Å². The van der Waals surface area contributed by atoms with Gasteiger partial charge in [-0.15, -0.1) is 0 Å². The Morgan fingerprint density at radius 3 is 2.74 bits per heavy atom. The second-order valence-electron chi connectivity index (χ2n) is 5.46. The molecule has 0 fully saturated rings. The van der Waals surface area contributed by atoms with Crippen LogP contribution >= 0.6 is 0 Å². The van der Waals surface area contributed by atoms with Crippen molar-refractivity contribution in [3.8, 4) is 0 Å². The molecule has 2 heteroatoms. The van der Waals surface area contributed by atoms with Gasteiger partial charge in [-0.05, 0) is 46.1 Å². The summed E-state index contributed by atoms with van der Waals surface area (Å²) in [5, 5.41) is 0. The molecule has 0 heterocycles. The number of hydrogen-bond acceptors (Lipinski definition) is 2. The lowest BCUT2D eigenvalue weighted by molar-refractivity contribution is -0.153. The van der Waals surface area contributed by atoms with Crippen LogP contribution in [0.15, 0.2) is 30.3 Å². The number of hydrogen-bond donors (Lipinski definition) is 0. The lowest BCUT2D eigenvalue weighted by Gasteiger charge is -2.21. The van der Waals surface area contributed by atoms with Crippen molar-refractivity contribution >= 4 is 12.0 Å². The summed E-state index contributed by atoms with van der Waals surface area (Å²) in [5.74, 6) is -0.112. The summed E-state index contributed by atoms with van der Waals surface area (Å²) < 4.78 is 5.07. The third-order valence-corrected chi connectivity index (χ3v) is 3.12. The number of ether oxygens (including phenoxy) is 1. The molecule has 2 nitrogen and oxygen atoms in total. The predicted molar refractivity (Wildman–Crippen MR) is 79.9 cm³/mol. The van der Waals surface area contributed by atoms with Crippen LogP contribution < -0.4 is 0 Å². The molecule has 0 atom stereocenters. The fraction of sp³-hybridized carbons (Fsp3) is 0.471. The van der Waals surface area contributed by atoms with E-state index in [0.29, 0.717) is 6.61 Å². The molecule has 0 unspecified atom stereocenters. The molecule has 0 bridgehead atoms. The summed E-state index contributed by atoms with van der Waals surface area (Å²) >= 11 is 0. The second-order valence-corrected chi connectivity index (χ2v) is 5.46. The molecule has 104 valence electrons. The van der Waals surface area contributed by atoms with Crippen molar-refractivity contribution in [1.29, 1.82) is 0 Å². The Morgan fingerprint density at radius 1 is 1.37 bits per heavy atom. The molecule has 0 aliphatic rings. The molecule has 1 aromatic carbocycles. The maximum Gasteiger partial charge on any atom is 0.311 e. The number of allylic oxidation sites excluding steroid dienone is 1. The number of aryl methyl sites for hydroxylation is 1. The predicted octanol–water partition coefficient (Wildman–Crippen LogP) is 4.38. The van der Waals surface area contributed by atoms with E-state index in [2.05, 4.69) is 43.3 Å². The largest absolute Gasteiger partial charge is 0.466 e. The molecule has 0 radical (unpaired) electrons. The highest BCUT2D eigenvalue weighted by Gasteiger charge is 2.27. The van der Waals surface area contributed by atoms with Gasteiger partial charge in [-0.1, -0.05) is 42.0 Å². The van der Waals surface area contributed by atoms with E-state index in [1.165, 1.54) is 11.1 Å². The molecule has 1 rings (SSSR count). The minimum absolute atomic E-state index is 0.112. The zero-order chi connectivity index (χ0) is 14.3. The number of carbonyl (C=O) groups is 1. The van der Waals surface area contributed by atoms with Crippen LogP contribution in [0.2, 0.25) is 0 Å². The minimum Gasteiger partial charge on any atom is -0.466 e. The molecule has 0 saturated carbocycles. The Morgan fingerprint density at radius 2 is 2.11 bits per heavy atom. The van der Waals surface area contributed by atoms with E-state index in [1.807, 2.05) is 20.8 Å². The van der Waals surface area contributed by atoms with Gasteiger partial charge in [-0.25, -0.2) is 0 Å². The normalized spacial score (nSPS) is 11.8. The minimum atomic E-state index is -0.410. The highest BCUT2D eigenvalue weighted by Crippen LogP contribution is 2.24. The SMILES string of the molecule is CCOC(=O)C(C)(C)CC/C=C\c1cccc(C)c1. The smallest absolute Gasteiger partial charge is 0.311 e. The number of benzene rings is 1. The first kappa shape index (κ1) is 15.5. The van der Waals surface area contributed by atoms with Gasteiger partial charge in [0.15, 0.2) is 0 Å². The lowest BCUT2D eigenvalue weighted by atomic mass is 9.88. The van der Waals surface area contributed by atoms with Crippen LogP contribution in [-0.4, -0.2) is 12.6 Å². The standard InChI is InChI=1S/C17H24O2/c1-5-19-16(18)17(3,4)12-7-6-10-15-11-8-9-14(2)13-15/h6,8-11,13H,5,7,12H2,1-4H3/b10-6-.